The van der Waals surface area contributed by atoms with E-state index in [0.717, 1.165) is 16.3 Å². The lowest BCUT2D eigenvalue weighted by Gasteiger charge is -2.03. The summed E-state index contributed by atoms with van der Waals surface area (Å²) in [4.78, 5) is 11.1. The zero-order valence-corrected chi connectivity index (χ0v) is 10.2. The molecule has 0 amide bonds. The van der Waals surface area contributed by atoms with Crippen molar-refractivity contribution in [2.24, 2.45) is 0 Å². The first kappa shape index (κ1) is 10.9. The van der Waals surface area contributed by atoms with E-state index >= 15 is 0 Å². The van der Waals surface area contributed by atoms with Gasteiger partial charge in [-0.25, -0.2) is 9.31 Å². The molecule has 96 valence electrons. The number of carboxylic acids is 1. The summed E-state index contributed by atoms with van der Waals surface area (Å²) in [6.07, 6.45) is 1.29. The molecule has 0 radical (unpaired) electrons. The van der Waals surface area contributed by atoms with Crippen molar-refractivity contribution in [3.8, 4) is 0 Å². The Hall–Kier alpha value is -3.02. The van der Waals surface area contributed by atoms with Crippen LogP contribution in [0.3, 0.4) is 0 Å². The van der Waals surface area contributed by atoms with Gasteiger partial charge in [-0.1, -0.05) is 24.3 Å². The fraction of sp³-hybridized carbons (Fsp3) is 0. The Morgan fingerprint density at radius 2 is 1.85 bits per heavy atom. The molecule has 0 aliphatic rings. The third-order valence-electron chi connectivity index (χ3n) is 3.30. The summed E-state index contributed by atoms with van der Waals surface area (Å²) < 4.78 is 1.51. The molecule has 0 saturated heterocycles. The molecule has 4 rings (SSSR count). The summed E-state index contributed by atoms with van der Waals surface area (Å²) in [5.74, 6) is -1.06. The van der Waals surface area contributed by atoms with E-state index in [1.165, 1.54) is 10.7 Å². The molecule has 0 fully saturated rings. The fourth-order valence-corrected chi connectivity index (χ4v) is 2.33. The highest BCUT2D eigenvalue weighted by molar-refractivity contribution is 5.98. The number of benzene rings is 2. The molecule has 20 heavy (non-hydrogen) atoms. The highest BCUT2D eigenvalue weighted by atomic mass is 16.4. The van der Waals surface area contributed by atoms with Crippen LogP contribution in [0.5, 0.6) is 0 Å². The van der Waals surface area contributed by atoms with Crippen molar-refractivity contribution in [2.45, 2.75) is 0 Å². The Morgan fingerprint density at radius 1 is 1.10 bits per heavy atom. The van der Waals surface area contributed by atoms with E-state index in [1.807, 2.05) is 36.4 Å². The molecule has 1 N–H and O–H groups in total. The number of hydrogen-bond acceptors (Lipinski definition) is 4. The smallest absolute Gasteiger partial charge is 0.341 e. The first-order chi connectivity index (χ1) is 9.74. The van der Waals surface area contributed by atoms with Crippen LogP contribution in [0.25, 0.3) is 27.5 Å². The number of fused-ring (bicyclic) bond motifs is 4. The van der Waals surface area contributed by atoms with Gasteiger partial charge in [-0.05, 0) is 22.9 Å². The van der Waals surface area contributed by atoms with Crippen LogP contribution >= 0.6 is 0 Å². The van der Waals surface area contributed by atoms with E-state index in [9.17, 15) is 4.79 Å². The maximum absolute atomic E-state index is 11.1. The van der Waals surface area contributed by atoms with Crippen LogP contribution in [-0.4, -0.2) is 30.9 Å². The van der Waals surface area contributed by atoms with Gasteiger partial charge in [0.1, 0.15) is 11.1 Å². The Balaban J connectivity index is 2.18. The van der Waals surface area contributed by atoms with Crippen LogP contribution in [0.2, 0.25) is 0 Å². The maximum Gasteiger partial charge on any atom is 0.341 e. The van der Waals surface area contributed by atoms with Gasteiger partial charge in [-0.3, -0.25) is 0 Å². The first-order valence-corrected chi connectivity index (χ1v) is 6.00. The molecule has 0 saturated carbocycles. The summed E-state index contributed by atoms with van der Waals surface area (Å²) in [6, 6.07) is 11.7. The molecule has 6 heteroatoms. The maximum atomic E-state index is 11.1. The molecule has 2 aromatic heterocycles. The van der Waals surface area contributed by atoms with Gasteiger partial charge in [0.15, 0.2) is 5.65 Å². The van der Waals surface area contributed by atoms with Crippen molar-refractivity contribution in [3.63, 3.8) is 0 Å². The van der Waals surface area contributed by atoms with E-state index in [0.29, 0.717) is 5.52 Å². The zero-order valence-electron chi connectivity index (χ0n) is 10.2. The molecule has 6 nitrogen and oxygen atoms in total. The Labute approximate surface area is 112 Å². The summed E-state index contributed by atoms with van der Waals surface area (Å²) in [5.41, 5.74) is 1.71. The highest BCUT2D eigenvalue weighted by Gasteiger charge is 2.15. The van der Waals surface area contributed by atoms with Gasteiger partial charge in [-0.15, -0.1) is 10.2 Å². The van der Waals surface area contributed by atoms with Crippen molar-refractivity contribution in [1.82, 2.24) is 19.8 Å². The SMILES string of the molecule is O=C(O)c1cnn2c1nnc1cc3ccccc3cc12. The van der Waals surface area contributed by atoms with Crippen molar-refractivity contribution in [1.29, 1.82) is 0 Å². The third-order valence-corrected chi connectivity index (χ3v) is 3.30. The number of nitrogens with zero attached hydrogens (tertiary/aromatic N) is 4. The molecule has 0 atom stereocenters. The number of carboxylic acid groups (broad SMARTS) is 1. The molecule has 0 unspecified atom stereocenters. The number of hydrogen-bond donors (Lipinski definition) is 1. The van der Waals surface area contributed by atoms with Crippen LogP contribution in [0, 0.1) is 0 Å². The van der Waals surface area contributed by atoms with Crippen molar-refractivity contribution in [3.05, 3.63) is 48.2 Å². The largest absolute Gasteiger partial charge is 0.477 e. The summed E-state index contributed by atoms with van der Waals surface area (Å²) in [6.45, 7) is 0. The van der Waals surface area contributed by atoms with E-state index in [4.69, 9.17) is 5.11 Å². The minimum Gasteiger partial charge on any atom is -0.477 e. The van der Waals surface area contributed by atoms with Crippen molar-refractivity contribution >= 4 is 33.4 Å². The lowest BCUT2D eigenvalue weighted by molar-refractivity contribution is 0.0698. The normalized spacial score (nSPS) is 11.4. The number of carbonyl (C=O) groups is 1. The van der Waals surface area contributed by atoms with Crippen LogP contribution in [0.1, 0.15) is 10.4 Å². The Bertz CT molecular complexity index is 990. The lowest BCUT2D eigenvalue weighted by Crippen LogP contribution is -2.00. The molecule has 0 aliphatic heterocycles. The summed E-state index contributed by atoms with van der Waals surface area (Å²) in [5, 5.41) is 23.4. The average Bonchev–Trinajstić information content (AvgIpc) is 2.89. The van der Waals surface area contributed by atoms with Gasteiger partial charge in [0.25, 0.3) is 0 Å². The molecule has 4 aromatic rings. The Kier molecular flexibility index (Phi) is 2.03. The van der Waals surface area contributed by atoms with Gasteiger partial charge >= 0.3 is 5.97 Å². The second kappa shape index (κ2) is 3.74. The highest BCUT2D eigenvalue weighted by Crippen LogP contribution is 2.22. The minimum absolute atomic E-state index is 0.0487. The van der Waals surface area contributed by atoms with Gasteiger partial charge in [0, 0.05) is 0 Å². The predicted molar refractivity (Wildman–Crippen MR) is 72.8 cm³/mol. The van der Waals surface area contributed by atoms with Crippen LogP contribution in [0.4, 0.5) is 0 Å². The number of rotatable bonds is 1. The standard InChI is InChI=1S/C14H8N4O2/c19-14(20)10-7-15-18-12-6-9-4-2-1-3-8(9)5-11(12)16-17-13(10)18/h1-7H,(H,19,20). The quantitative estimate of drug-likeness (QED) is 0.533. The second-order valence-electron chi connectivity index (χ2n) is 4.49. The summed E-state index contributed by atoms with van der Waals surface area (Å²) in [7, 11) is 0. The van der Waals surface area contributed by atoms with Gasteiger partial charge in [-0.2, -0.15) is 5.10 Å². The van der Waals surface area contributed by atoms with E-state index < -0.39 is 5.97 Å². The number of aromatic nitrogens is 4. The van der Waals surface area contributed by atoms with Crippen molar-refractivity contribution in [2.75, 3.05) is 0 Å². The first-order valence-electron chi connectivity index (χ1n) is 6.00. The predicted octanol–water partition coefficient (Wildman–Crippen LogP) is 2.13. The van der Waals surface area contributed by atoms with Crippen LogP contribution < -0.4 is 0 Å². The minimum atomic E-state index is -1.06. The average molecular weight is 264 g/mol. The third kappa shape index (κ3) is 1.38. The monoisotopic (exact) mass is 264 g/mol. The van der Waals surface area contributed by atoms with Crippen LogP contribution in [-0.2, 0) is 0 Å². The molecular weight excluding hydrogens is 256 g/mol. The molecule has 2 heterocycles. The summed E-state index contributed by atoms with van der Waals surface area (Å²) >= 11 is 0. The molecule has 0 aliphatic carbocycles. The van der Waals surface area contributed by atoms with Gasteiger partial charge in [0.05, 0.1) is 11.7 Å². The van der Waals surface area contributed by atoms with E-state index in [1.54, 1.807) is 0 Å². The second-order valence-corrected chi connectivity index (χ2v) is 4.49. The lowest BCUT2D eigenvalue weighted by atomic mass is 10.1. The van der Waals surface area contributed by atoms with E-state index in [-0.39, 0.29) is 11.2 Å². The number of aromatic carboxylic acids is 1. The van der Waals surface area contributed by atoms with Crippen LogP contribution in [0.15, 0.2) is 42.6 Å². The van der Waals surface area contributed by atoms with Gasteiger partial charge < -0.3 is 5.11 Å². The van der Waals surface area contributed by atoms with E-state index in [2.05, 4.69) is 15.3 Å². The fourth-order valence-electron chi connectivity index (χ4n) is 2.33. The topological polar surface area (TPSA) is 80.4 Å². The molecule has 0 spiro atoms. The van der Waals surface area contributed by atoms with Crippen molar-refractivity contribution < 1.29 is 9.90 Å². The zero-order chi connectivity index (χ0) is 13.7. The molecule has 2 aromatic carbocycles. The Morgan fingerprint density at radius 3 is 2.60 bits per heavy atom. The van der Waals surface area contributed by atoms with Gasteiger partial charge in [0.2, 0.25) is 0 Å². The molecular formula is C14H8N4O2. The molecule has 0 bridgehead atoms.